The van der Waals surface area contributed by atoms with Crippen molar-refractivity contribution in [1.82, 2.24) is 0 Å². The van der Waals surface area contributed by atoms with Crippen LogP contribution in [0.5, 0.6) is 5.75 Å². The second-order valence-electron chi connectivity index (χ2n) is 4.21. The molecule has 2 aromatic carbocycles. The number of anilines is 1. The molecule has 0 atom stereocenters. The summed E-state index contributed by atoms with van der Waals surface area (Å²) in [5.74, 6) is 0.777. The minimum Gasteiger partial charge on any atom is -0.497 e. The molecule has 0 saturated heterocycles. The number of primary sulfonamides is 1. The van der Waals surface area contributed by atoms with Crippen LogP contribution in [0.25, 0.3) is 0 Å². The van der Waals surface area contributed by atoms with Crippen molar-refractivity contribution < 1.29 is 13.2 Å². The Balaban J connectivity index is 2.00. The number of sulfonamides is 1. The van der Waals surface area contributed by atoms with Gasteiger partial charge >= 0.3 is 0 Å². The van der Waals surface area contributed by atoms with Crippen molar-refractivity contribution in [2.45, 2.75) is 4.90 Å². The zero-order valence-corrected chi connectivity index (χ0v) is 12.2. The lowest BCUT2D eigenvalue weighted by Gasteiger charge is -2.02. The first kappa shape index (κ1) is 15.0. The first-order chi connectivity index (χ1) is 9.99. The lowest BCUT2D eigenvalue weighted by molar-refractivity contribution is 0.415. The van der Waals surface area contributed by atoms with Gasteiger partial charge in [-0.15, -0.1) is 0 Å². The van der Waals surface area contributed by atoms with E-state index in [9.17, 15) is 8.42 Å². The molecule has 110 valence electrons. The summed E-state index contributed by atoms with van der Waals surface area (Å²) in [6.45, 7) is 0. The average molecular weight is 305 g/mol. The van der Waals surface area contributed by atoms with Gasteiger partial charge in [-0.25, -0.2) is 13.6 Å². The highest BCUT2D eigenvalue weighted by molar-refractivity contribution is 7.89. The van der Waals surface area contributed by atoms with E-state index in [-0.39, 0.29) is 4.90 Å². The van der Waals surface area contributed by atoms with Crippen LogP contribution in [0.2, 0.25) is 0 Å². The van der Waals surface area contributed by atoms with E-state index in [0.29, 0.717) is 5.69 Å². The molecule has 0 aliphatic heterocycles. The van der Waals surface area contributed by atoms with E-state index in [2.05, 4.69) is 10.5 Å². The standard InChI is InChI=1S/C14H15N3O3S/c1-20-13-6-2-11(3-7-13)10-16-17-12-4-8-14(9-5-12)21(15,18)19/h2-10,17H,1H3,(H2,15,18,19)/b16-10-. The highest BCUT2D eigenvalue weighted by atomic mass is 32.2. The fraction of sp³-hybridized carbons (Fsp3) is 0.0714. The van der Waals surface area contributed by atoms with E-state index in [1.807, 2.05) is 24.3 Å². The topological polar surface area (TPSA) is 93.8 Å². The van der Waals surface area contributed by atoms with E-state index in [1.165, 1.54) is 12.1 Å². The summed E-state index contributed by atoms with van der Waals surface area (Å²) in [6, 6.07) is 13.4. The predicted molar refractivity (Wildman–Crippen MR) is 82.0 cm³/mol. The number of methoxy groups -OCH3 is 1. The second kappa shape index (κ2) is 6.38. The van der Waals surface area contributed by atoms with Gasteiger partial charge in [-0.1, -0.05) is 0 Å². The fourth-order valence-corrected chi connectivity index (χ4v) is 2.11. The molecule has 7 heteroatoms. The molecule has 2 aromatic rings. The summed E-state index contributed by atoms with van der Waals surface area (Å²) in [7, 11) is -2.06. The number of rotatable bonds is 5. The molecule has 0 fully saturated rings. The summed E-state index contributed by atoms with van der Waals surface area (Å²) in [5, 5.41) is 9.08. The highest BCUT2D eigenvalue weighted by Gasteiger charge is 2.05. The lowest BCUT2D eigenvalue weighted by Crippen LogP contribution is -2.11. The first-order valence-electron chi connectivity index (χ1n) is 6.05. The zero-order chi connectivity index (χ0) is 15.3. The van der Waals surface area contributed by atoms with Crippen LogP contribution in [0, 0.1) is 0 Å². The molecule has 3 N–H and O–H groups in total. The minimum atomic E-state index is -3.67. The van der Waals surface area contributed by atoms with Gasteiger partial charge in [0.1, 0.15) is 5.75 Å². The number of nitrogens with zero attached hydrogens (tertiary/aromatic N) is 1. The Morgan fingerprint density at radius 1 is 1.10 bits per heavy atom. The van der Waals surface area contributed by atoms with Crippen LogP contribution in [0.1, 0.15) is 5.56 Å². The molecule has 0 spiro atoms. The van der Waals surface area contributed by atoms with Gasteiger partial charge in [0.15, 0.2) is 0 Å². The maximum atomic E-state index is 11.1. The first-order valence-corrected chi connectivity index (χ1v) is 7.60. The van der Waals surface area contributed by atoms with Crippen molar-refractivity contribution in [3.63, 3.8) is 0 Å². The number of ether oxygens (including phenoxy) is 1. The van der Waals surface area contributed by atoms with Crippen molar-refractivity contribution in [2.24, 2.45) is 10.2 Å². The SMILES string of the molecule is COc1ccc(/C=N\Nc2ccc(S(N)(=O)=O)cc2)cc1. The Morgan fingerprint density at radius 2 is 1.71 bits per heavy atom. The van der Waals surface area contributed by atoms with Crippen LogP contribution in [0.4, 0.5) is 5.69 Å². The van der Waals surface area contributed by atoms with Crippen molar-refractivity contribution in [3.8, 4) is 5.75 Å². The van der Waals surface area contributed by atoms with Gasteiger partial charge in [0.2, 0.25) is 10.0 Å². The Bertz CT molecular complexity index is 723. The van der Waals surface area contributed by atoms with E-state index >= 15 is 0 Å². The van der Waals surface area contributed by atoms with Crippen molar-refractivity contribution in [1.29, 1.82) is 0 Å². The third-order valence-corrected chi connectivity index (χ3v) is 3.64. The van der Waals surface area contributed by atoms with Gasteiger partial charge in [0, 0.05) is 0 Å². The monoisotopic (exact) mass is 305 g/mol. The van der Waals surface area contributed by atoms with Crippen molar-refractivity contribution >= 4 is 21.9 Å². The Labute approximate surface area is 123 Å². The summed E-state index contributed by atoms with van der Waals surface area (Å²) in [6.07, 6.45) is 1.65. The summed E-state index contributed by atoms with van der Waals surface area (Å²) in [4.78, 5) is 0.0622. The van der Waals surface area contributed by atoms with Crippen LogP contribution in [-0.4, -0.2) is 21.7 Å². The second-order valence-corrected chi connectivity index (χ2v) is 5.77. The number of benzene rings is 2. The summed E-state index contributed by atoms with van der Waals surface area (Å²) >= 11 is 0. The number of nitrogens with one attached hydrogen (secondary N) is 1. The van der Waals surface area contributed by atoms with Crippen LogP contribution in [0.3, 0.4) is 0 Å². The predicted octanol–water partition coefficient (Wildman–Crippen LogP) is 1.79. The molecule has 0 unspecified atom stereocenters. The van der Waals surface area contributed by atoms with E-state index in [1.54, 1.807) is 25.5 Å². The van der Waals surface area contributed by atoms with Crippen LogP contribution in [-0.2, 0) is 10.0 Å². The van der Waals surface area contributed by atoms with Crippen molar-refractivity contribution in [2.75, 3.05) is 12.5 Å². The summed E-state index contributed by atoms with van der Waals surface area (Å²) in [5.41, 5.74) is 4.37. The highest BCUT2D eigenvalue weighted by Crippen LogP contribution is 2.13. The quantitative estimate of drug-likeness (QED) is 0.650. The molecule has 0 saturated carbocycles. The maximum Gasteiger partial charge on any atom is 0.238 e. The molecule has 0 amide bonds. The largest absolute Gasteiger partial charge is 0.497 e. The average Bonchev–Trinajstić information content (AvgIpc) is 2.47. The third-order valence-electron chi connectivity index (χ3n) is 2.71. The molecule has 0 heterocycles. The Kier molecular flexibility index (Phi) is 4.56. The van der Waals surface area contributed by atoms with Gasteiger partial charge < -0.3 is 4.74 Å². The maximum absolute atomic E-state index is 11.1. The molecule has 0 aliphatic rings. The fourth-order valence-electron chi connectivity index (χ4n) is 1.59. The van der Waals surface area contributed by atoms with E-state index < -0.39 is 10.0 Å². The van der Waals surface area contributed by atoms with Gasteiger partial charge in [0.25, 0.3) is 0 Å². The molecule has 6 nitrogen and oxygen atoms in total. The lowest BCUT2D eigenvalue weighted by atomic mass is 10.2. The van der Waals surface area contributed by atoms with Gasteiger partial charge in [-0.05, 0) is 54.1 Å². The molecule has 2 rings (SSSR count). The Hall–Kier alpha value is -2.38. The van der Waals surface area contributed by atoms with Gasteiger partial charge in [0.05, 0.1) is 23.9 Å². The van der Waals surface area contributed by atoms with Crippen molar-refractivity contribution in [3.05, 3.63) is 54.1 Å². The van der Waals surface area contributed by atoms with Crippen LogP contribution in [0.15, 0.2) is 58.5 Å². The molecule has 0 radical (unpaired) electrons. The number of hydrogen-bond acceptors (Lipinski definition) is 5. The van der Waals surface area contributed by atoms with E-state index in [0.717, 1.165) is 11.3 Å². The van der Waals surface area contributed by atoms with E-state index in [4.69, 9.17) is 9.88 Å². The van der Waals surface area contributed by atoms with Gasteiger partial charge in [-0.3, -0.25) is 5.43 Å². The molecular weight excluding hydrogens is 290 g/mol. The number of hydrazone groups is 1. The number of hydrogen-bond donors (Lipinski definition) is 2. The summed E-state index contributed by atoms with van der Waals surface area (Å²) < 4.78 is 27.3. The number of nitrogens with two attached hydrogens (primary N) is 1. The molecule has 21 heavy (non-hydrogen) atoms. The zero-order valence-electron chi connectivity index (χ0n) is 11.4. The smallest absolute Gasteiger partial charge is 0.238 e. The molecule has 0 aromatic heterocycles. The normalized spacial score (nSPS) is 11.5. The van der Waals surface area contributed by atoms with Gasteiger partial charge in [-0.2, -0.15) is 5.10 Å². The molecule has 0 bridgehead atoms. The molecular formula is C14H15N3O3S. The third kappa shape index (κ3) is 4.30. The molecule has 0 aliphatic carbocycles. The van der Waals surface area contributed by atoms with Crippen LogP contribution < -0.4 is 15.3 Å². The Morgan fingerprint density at radius 3 is 2.24 bits per heavy atom. The van der Waals surface area contributed by atoms with Crippen LogP contribution >= 0.6 is 0 Å². The minimum absolute atomic E-state index is 0.0622.